The molecule has 1 aliphatic heterocycles. The minimum absolute atomic E-state index is 0.115. The maximum Gasteiger partial charge on any atom is 0.432 e. The smallest absolute Gasteiger partial charge is 0.390 e. The lowest BCUT2D eigenvalue weighted by Crippen LogP contribution is -2.34. The standard InChI is InChI=1S/C43H58FN4O7PS2/c1-2-3-4-5-6-7-8-9-10-11-12-13-14-15-16-17-18-21-27-45-28-30-57-58-31-29-48(38-26-22-24-35-23-19-20-25-36(35)38)56(52,53)54-34-40-39(49)32-41(55-40)47-33-37(44)42(50)46-43(47)51/h3-4,6-7,9-10,12-13,15-16,19-20,22-26,33,39-41,45,49H,2,5,8,11,14,17-18,21,27-32,34H2,1H3,(H,52,53)(H,46,50,51)/b4-3-,7-6?,10-9?,13-12-,16-15-/t39-,40+,41?/m0/s1. The van der Waals surface area contributed by atoms with Crippen molar-refractivity contribution >= 4 is 45.8 Å². The molecular formula is C43H58FN4O7PS2. The van der Waals surface area contributed by atoms with Gasteiger partial charge in [0.15, 0.2) is 0 Å². The Bertz CT molecular complexity index is 2000. The molecule has 1 fully saturated rings. The van der Waals surface area contributed by atoms with Crippen LogP contribution in [0.25, 0.3) is 10.8 Å². The number of nitrogens with zero attached hydrogens (tertiary/aromatic N) is 2. The number of benzene rings is 2. The highest BCUT2D eigenvalue weighted by atomic mass is 33.1. The van der Waals surface area contributed by atoms with Gasteiger partial charge in [-0.25, -0.2) is 9.36 Å². The molecule has 2 aromatic carbocycles. The van der Waals surface area contributed by atoms with Gasteiger partial charge in [0.1, 0.15) is 12.3 Å². The van der Waals surface area contributed by atoms with E-state index >= 15 is 0 Å². The number of nitrogens with one attached hydrogen (secondary N) is 2. The first-order valence-electron chi connectivity index (χ1n) is 20.0. The molecule has 4 N–H and O–H groups in total. The number of rotatable bonds is 27. The van der Waals surface area contributed by atoms with Crippen molar-refractivity contribution in [2.45, 2.75) is 83.1 Å². The van der Waals surface area contributed by atoms with Crippen molar-refractivity contribution in [2.24, 2.45) is 0 Å². The maximum atomic E-state index is 13.9. The highest BCUT2D eigenvalue weighted by molar-refractivity contribution is 8.76. The second-order valence-electron chi connectivity index (χ2n) is 13.6. The van der Waals surface area contributed by atoms with Gasteiger partial charge in [0, 0.05) is 36.4 Å². The predicted octanol–water partition coefficient (Wildman–Crippen LogP) is 8.99. The van der Waals surface area contributed by atoms with Crippen LogP contribution < -0.4 is 21.2 Å². The number of hydrogen-bond donors (Lipinski definition) is 4. The molecule has 15 heteroatoms. The van der Waals surface area contributed by atoms with Crippen molar-refractivity contribution in [3.05, 3.63) is 136 Å². The van der Waals surface area contributed by atoms with Crippen LogP contribution in [0.3, 0.4) is 0 Å². The second kappa shape index (κ2) is 26.6. The highest BCUT2D eigenvalue weighted by Gasteiger charge is 2.39. The van der Waals surface area contributed by atoms with Crippen LogP contribution in [-0.2, 0) is 13.8 Å². The van der Waals surface area contributed by atoms with Crippen molar-refractivity contribution in [2.75, 3.05) is 42.4 Å². The summed E-state index contributed by atoms with van der Waals surface area (Å²) in [4.78, 5) is 36.9. The Morgan fingerprint density at radius 2 is 1.59 bits per heavy atom. The van der Waals surface area contributed by atoms with Gasteiger partial charge in [-0.2, -0.15) is 4.39 Å². The van der Waals surface area contributed by atoms with Crippen molar-refractivity contribution in [1.82, 2.24) is 14.9 Å². The number of aliphatic hydroxyl groups is 1. The fraction of sp³-hybridized carbons (Fsp3) is 0.442. The molecule has 1 aromatic heterocycles. The van der Waals surface area contributed by atoms with Gasteiger partial charge in [-0.3, -0.25) is 23.5 Å². The summed E-state index contributed by atoms with van der Waals surface area (Å²) in [7, 11) is -1.21. The first kappa shape index (κ1) is 47.2. The zero-order chi connectivity index (χ0) is 41.4. The van der Waals surface area contributed by atoms with Gasteiger partial charge in [0.05, 0.1) is 24.6 Å². The van der Waals surface area contributed by atoms with Crippen LogP contribution in [0.15, 0.2) is 119 Å². The minimum atomic E-state index is -4.51. The summed E-state index contributed by atoms with van der Waals surface area (Å²) in [5, 5.41) is 15.8. The third kappa shape index (κ3) is 16.3. The summed E-state index contributed by atoms with van der Waals surface area (Å²) >= 11 is 0. The van der Waals surface area contributed by atoms with E-state index in [1.54, 1.807) is 27.7 Å². The normalized spacial score (nSPS) is 18.6. The molecule has 11 nitrogen and oxygen atoms in total. The van der Waals surface area contributed by atoms with E-state index in [2.05, 4.69) is 73.0 Å². The zero-order valence-corrected chi connectivity index (χ0v) is 35.7. The average Bonchev–Trinajstić information content (AvgIpc) is 3.59. The molecule has 2 unspecified atom stereocenters. The lowest BCUT2D eigenvalue weighted by Gasteiger charge is -2.30. The summed E-state index contributed by atoms with van der Waals surface area (Å²) in [6, 6.07) is 13.1. The number of aromatic nitrogens is 2. The molecule has 3 aromatic rings. The van der Waals surface area contributed by atoms with Crippen molar-refractivity contribution in [3.8, 4) is 0 Å². The average molecular weight is 857 g/mol. The molecule has 2 heterocycles. The quantitative estimate of drug-likeness (QED) is 0.0252. The van der Waals surface area contributed by atoms with E-state index in [0.717, 1.165) is 85.5 Å². The van der Waals surface area contributed by atoms with E-state index in [1.165, 1.54) is 4.67 Å². The molecule has 0 aliphatic carbocycles. The first-order chi connectivity index (χ1) is 28.2. The Morgan fingerprint density at radius 1 is 0.931 bits per heavy atom. The summed E-state index contributed by atoms with van der Waals surface area (Å²) < 4.78 is 41.3. The first-order valence-corrected chi connectivity index (χ1v) is 24.0. The molecule has 1 aliphatic rings. The fourth-order valence-electron chi connectivity index (χ4n) is 6.13. The van der Waals surface area contributed by atoms with Crippen LogP contribution >= 0.6 is 29.3 Å². The molecule has 316 valence electrons. The molecule has 0 saturated carbocycles. The van der Waals surface area contributed by atoms with Crippen LogP contribution in [0.1, 0.15) is 70.9 Å². The monoisotopic (exact) mass is 856 g/mol. The van der Waals surface area contributed by atoms with Crippen molar-refractivity contribution < 1.29 is 28.2 Å². The predicted molar refractivity (Wildman–Crippen MR) is 239 cm³/mol. The zero-order valence-electron chi connectivity index (χ0n) is 33.2. The van der Waals surface area contributed by atoms with Crippen molar-refractivity contribution in [1.29, 1.82) is 0 Å². The lowest BCUT2D eigenvalue weighted by molar-refractivity contribution is -0.0428. The number of H-pyrrole nitrogens is 1. The minimum Gasteiger partial charge on any atom is -0.390 e. The van der Waals surface area contributed by atoms with E-state index in [-0.39, 0.29) is 13.0 Å². The Kier molecular flexibility index (Phi) is 21.7. The van der Waals surface area contributed by atoms with E-state index in [0.29, 0.717) is 17.6 Å². The van der Waals surface area contributed by atoms with Crippen LogP contribution in [0.2, 0.25) is 0 Å². The molecule has 1 saturated heterocycles. The number of allylic oxidation sites excluding steroid dienone is 10. The largest absolute Gasteiger partial charge is 0.432 e. The van der Waals surface area contributed by atoms with Gasteiger partial charge in [-0.05, 0) is 69.4 Å². The fourth-order valence-corrected chi connectivity index (χ4v) is 9.44. The van der Waals surface area contributed by atoms with Crippen LogP contribution in [0.4, 0.5) is 10.1 Å². The molecule has 0 radical (unpaired) electrons. The van der Waals surface area contributed by atoms with E-state index in [1.807, 2.05) is 41.4 Å². The van der Waals surface area contributed by atoms with Crippen LogP contribution in [0.5, 0.6) is 0 Å². The molecule has 0 bridgehead atoms. The Morgan fingerprint density at radius 3 is 2.31 bits per heavy atom. The van der Waals surface area contributed by atoms with E-state index in [4.69, 9.17) is 9.26 Å². The number of aromatic amines is 1. The number of halogens is 1. The Balaban J connectivity index is 1.13. The topological polar surface area (TPSA) is 146 Å². The molecule has 4 rings (SSSR count). The summed E-state index contributed by atoms with van der Waals surface area (Å²) in [5.74, 6) is 0.223. The van der Waals surface area contributed by atoms with Gasteiger partial charge in [-0.1, -0.05) is 126 Å². The van der Waals surface area contributed by atoms with E-state index in [9.17, 15) is 28.5 Å². The molecule has 0 spiro atoms. The van der Waals surface area contributed by atoms with E-state index < -0.39 is 49.9 Å². The SMILES string of the molecule is CC/C=C\CC=CCC=CC/C=C\C/C=C\CCCCNCCSSCCN(c1cccc2ccccc12)P(=O)(O)OC[C@H]1OC(n2cc(F)c(=O)[nH]c2=O)C[C@@H]1O. The molecule has 0 amide bonds. The van der Waals surface area contributed by atoms with Crippen LogP contribution in [0, 0.1) is 5.82 Å². The van der Waals surface area contributed by atoms with Gasteiger partial charge in [0.25, 0.3) is 5.56 Å². The number of anilines is 1. The highest BCUT2D eigenvalue weighted by Crippen LogP contribution is 2.51. The third-order valence-electron chi connectivity index (χ3n) is 9.16. The molecular weight excluding hydrogens is 799 g/mol. The summed E-state index contributed by atoms with van der Waals surface area (Å²) in [6.07, 6.45) is 27.7. The molecule has 58 heavy (non-hydrogen) atoms. The lowest BCUT2D eigenvalue weighted by atomic mass is 10.1. The Hall–Kier alpha value is -3.46. The number of hydrogen-bond acceptors (Lipinski definition) is 9. The maximum absolute atomic E-state index is 13.9. The van der Waals surface area contributed by atoms with Crippen LogP contribution in [-0.4, -0.2) is 69.5 Å². The third-order valence-corrected chi connectivity index (χ3v) is 13.1. The number of ether oxygens (including phenoxy) is 1. The second-order valence-corrected chi connectivity index (χ2v) is 18.0. The Labute approximate surface area is 349 Å². The van der Waals surface area contributed by atoms with Gasteiger partial charge in [0.2, 0.25) is 5.82 Å². The summed E-state index contributed by atoms with van der Waals surface area (Å²) in [6.45, 7) is 3.69. The van der Waals surface area contributed by atoms with Gasteiger partial charge >= 0.3 is 13.4 Å². The number of aliphatic hydroxyl groups excluding tert-OH is 1. The summed E-state index contributed by atoms with van der Waals surface area (Å²) in [5.41, 5.74) is -1.54. The molecule has 4 atom stereocenters. The van der Waals surface area contributed by atoms with Gasteiger partial charge < -0.3 is 20.1 Å². The number of fused-ring (bicyclic) bond motifs is 1. The van der Waals surface area contributed by atoms with Crippen molar-refractivity contribution in [3.63, 3.8) is 0 Å². The van der Waals surface area contributed by atoms with Gasteiger partial charge in [-0.15, -0.1) is 0 Å². The number of unbranched alkanes of at least 4 members (excludes halogenated alkanes) is 2.